The Labute approximate surface area is 197 Å². The summed E-state index contributed by atoms with van der Waals surface area (Å²) >= 11 is 1.30. The minimum absolute atomic E-state index is 0.0849. The molecular formula is C23H21N5O3S2. The van der Waals surface area contributed by atoms with Gasteiger partial charge in [-0.25, -0.2) is 8.58 Å². The van der Waals surface area contributed by atoms with Crippen LogP contribution in [0.3, 0.4) is 0 Å². The van der Waals surface area contributed by atoms with E-state index in [2.05, 4.69) is 19.1 Å². The SMILES string of the molecule is O=C(c1ccc(NS(=O)c2cccc3nccnc23)cc1)N1CCC(O)(c2ccns2)CC1. The lowest BCUT2D eigenvalue weighted by Gasteiger charge is -2.37. The highest BCUT2D eigenvalue weighted by atomic mass is 32.2. The number of nitrogens with zero attached hydrogens (tertiary/aromatic N) is 4. The van der Waals surface area contributed by atoms with Gasteiger partial charge in [-0.15, -0.1) is 0 Å². The molecular weight excluding hydrogens is 458 g/mol. The number of benzene rings is 2. The molecule has 0 bridgehead atoms. The summed E-state index contributed by atoms with van der Waals surface area (Å²) in [5.74, 6) is -0.0849. The fourth-order valence-corrected chi connectivity index (χ4v) is 5.65. The van der Waals surface area contributed by atoms with Crippen molar-refractivity contribution in [1.29, 1.82) is 0 Å². The number of piperidine rings is 1. The third-order valence-electron chi connectivity index (χ3n) is 5.78. The second-order valence-electron chi connectivity index (χ2n) is 7.83. The Morgan fingerprint density at radius 1 is 1.03 bits per heavy atom. The van der Waals surface area contributed by atoms with Gasteiger partial charge >= 0.3 is 0 Å². The number of para-hydroxylation sites is 1. The fraction of sp³-hybridized carbons (Fsp3) is 0.217. The molecule has 5 rings (SSSR count). The highest BCUT2D eigenvalue weighted by Crippen LogP contribution is 2.35. The van der Waals surface area contributed by atoms with Crippen LogP contribution >= 0.6 is 11.5 Å². The van der Waals surface area contributed by atoms with Gasteiger partial charge in [-0.05, 0) is 66.8 Å². The molecule has 1 aliphatic heterocycles. The van der Waals surface area contributed by atoms with Crippen molar-refractivity contribution in [3.63, 3.8) is 0 Å². The maximum absolute atomic E-state index is 12.9. The predicted octanol–water partition coefficient (Wildman–Crippen LogP) is 3.34. The molecule has 3 heterocycles. The van der Waals surface area contributed by atoms with Gasteiger partial charge in [-0.2, -0.15) is 0 Å². The van der Waals surface area contributed by atoms with Crippen LogP contribution in [0.15, 0.2) is 72.0 Å². The zero-order chi connectivity index (χ0) is 22.8. The molecule has 8 nitrogen and oxygen atoms in total. The van der Waals surface area contributed by atoms with Crippen LogP contribution < -0.4 is 4.72 Å². The number of rotatable bonds is 5. The second-order valence-corrected chi connectivity index (χ2v) is 9.84. The summed E-state index contributed by atoms with van der Waals surface area (Å²) < 4.78 is 19.9. The van der Waals surface area contributed by atoms with Crippen LogP contribution in [0.5, 0.6) is 0 Å². The largest absolute Gasteiger partial charge is 0.384 e. The van der Waals surface area contributed by atoms with Crippen molar-refractivity contribution in [2.24, 2.45) is 0 Å². The van der Waals surface area contributed by atoms with Crippen LogP contribution in [-0.4, -0.2) is 47.6 Å². The zero-order valence-corrected chi connectivity index (χ0v) is 19.2. The molecule has 0 saturated carbocycles. The van der Waals surface area contributed by atoms with Gasteiger partial charge in [0, 0.05) is 42.9 Å². The van der Waals surface area contributed by atoms with E-state index in [9.17, 15) is 14.1 Å². The van der Waals surface area contributed by atoms with Crippen LogP contribution in [-0.2, 0) is 16.6 Å². The molecule has 1 unspecified atom stereocenters. The van der Waals surface area contributed by atoms with Gasteiger partial charge in [0.15, 0.2) is 11.0 Å². The Morgan fingerprint density at radius 3 is 2.52 bits per heavy atom. The Morgan fingerprint density at radius 2 is 1.79 bits per heavy atom. The van der Waals surface area contributed by atoms with Crippen molar-refractivity contribution < 1.29 is 14.1 Å². The average molecular weight is 480 g/mol. The number of amides is 1. The first-order chi connectivity index (χ1) is 16.0. The molecule has 0 aliphatic carbocycles. The standard InChI is InChI=1S/C23H21N5O3S2/c29-22(28-14-9-23(30,10-15-28)20-8-11-26-32-20)16-4-6-17(7-5-16)27-33(31)19-3-1-2-18-21(19)25-13-12-24-18/h1-8,11-13,27,30H,9-10,14-15H2. The number of likely N-dealkylation sites (tertiary alicyclic amines) is 1. The Kier molecular flexibility index (Phi) is 5.88. The summed E-state index contributed by atoms with van der Waals surface area (Å²) in [4.78, 5) is 24.6. The number of nitrogens with one attached hydrogen (secondary N) is 1. The van der Waals surface area contributed by atoms with Crippen LogP contribution in [0.1, 0.15) is 28.1 Å². The number of hydrogen-bond acceptors (Lipinski definition) is 7. The minimum Gasteiger partial charge on any atom is -0.384 e. The van der Waals surface area contributed by atoms with E-state index < -0.39 is 16.6 Å². The molecule has 168 valence electrons. The highest BCUT2D eigenvalue weighted by Gasteiger charge is 2.36. The molecule has 2 aromatic heterocycles. The molecule has 33 heavy (non-hydrogen) atoms. The average Bonchev–Trinajstić information content (AvgIpc) is 3.40. The molecule has 2 aromatic carbocycles. The minimum atomic E-state index is -1.53. The topological polar surface area (TPSA) is 108 Å². The number of carbonyl (C=O) groups is 1. The molecule has 1 aliphatic rings. The van der Waals surface area contributed by atoms with E-state index in [1.165, 1.54) is 11.5 Å². The quantitative estimate of drug-likeness (QED) is 0.455. The predicted molar refractivity (Wildman–Crippen MR) is 127 cm³/mol. The van der Waals surface area contributed by atoms with Crippen LogP contribution in [0.4, 0.5) is 5.69 Å². The molecule has 1 atom stereocenters. The maximum Gasteiger partial charge on any atom is 0.253 e. The zero-order valence-electron chi connectivity index (χ0n) is 17.5. The second kappa shape index (κ2) is 8.97. The lowest BCUT2D eigenvalue weighted by molar-refractivity contribution is -0.0183. The van der Waals surface area contributed by atoms with Gasteiger partial charge in [0.25, 0.3) is 5.91 Å². The molecule has 0 radical (unpaired) electrons. The van der Waals surface area contributed by atoms with Crippen LogP contribution in [0.25, 0.3) is 11.0 Å². The summed E-state index contributed by atoms with van der Waals surface area (Å²) in [5.41, 5.74) is 1.52. The number of aliphatic hydroxyl groups is 1. The summed E-state index contributed by atoms with van der Waals surface area (Å²) in [5, 5.41) is 10.9. The Bertz CT molecular complexity index is 1300. The van der Waals surface area contributed by atoms with Crippen molar-refractivity contribution >= 4 is 45.1 Å². The molecule has 1 saturated heterocycles. The third-order valence-corrected chi connectivity index (χ3v) is 7.87. The van der Waals surface area contributed by atoms with Crippen molar-refractivity contribution in [2.75, 3.05) is 17.8 Å². The van der Waals surface area contributed by atoms with Gasteiger partial charge in [0.05, 0.1) is 15.3 Å². The summed E-state index contributed by atoms with van der Waals surface area (Å²) in [6.45, 7) is 0.943. The first-order valence-electron chi connectivity index (χ1n) is 10.4. The first kappa shape index (κ1) is 21.6. The number of anilines is 1. The number of aromatic nitrogens is 3. The van der Waals surface area contributed by atoms with Crippen molar-refractivity contribution in [1.82, 2.24) is 19.2 Å². The molecule has 4 aromatic rings. The number of carbonyl (C=O) groups excluding carboxylic acids is 1. The molecule has 2 N–H and O–H groups in total. The number of hydrogen-bond donors (Lipinski definition) is 2. The van der Waals surface area contributed by atoms with Crippen LogP contribution in [0, 0.1) is 0 Å². The van der Waals surface area contributed by atoms with E-state index in [-0.39, 0.29) is 5.91 Å². The van der Waals surface area contributed by atoms with E-state index in [1.807, 2.05) is 12.1 Å². The number of fused-ring (bicyclic) bond motifs is 1. The van der Waals surface area contributed by atoms with Gasteiger partial charge in [-0.1, -0.05) is 6.07 Å². The van der Waals surface area contributed by atoms with Crippen molar-refractivity contribution in [3.8, 4) is 0 Å². The molecule has 1 amide bonds. The Hall–Kier alpha value is -3.21. The van der Waals surface area contributed by atoms with E-state index in [4.69, 9.17) is 0 Å². The molecule has 10 heteroatoms. The van der Waals surface area contributed by atoms with E-state index >= 15 is 0 Å². The molecule has 0 spiro atoms. The first-order valence-corrected chi connectivity index (χ1v) is 12.4. The lowest BCUT2D eigenvalue weighted by atomic mass is 9.89. The third kappa shape index (κ3) is 4.37. The molecule has 1 fully saturated rings. The summed E-state index contributed by atoms with van der Waals surface area (Å²) in [6.07, 6.45) is 5.81. The van der Waals surface area contributed by atoms with Gasteiger partial charge in [0.2, 0.25) is 0 Å². The van der Waals surface area contributed by atoms with Crippen LogP contribution in [0.2, 0.25) is 0 Å². The highest BCUT2D eigenvalue weighted by molar-refractivity contribution is 7.86. The Balaban J connectivity index is 1.24. The van der Waals surface area contributed by atoms with E-state index in [1.54, 1.807) is 59.9 Å². The van der Waals surface area contributed by atoms with Gasteiger partial charge < -0.3 is 14.7 Å². The van der Waals surface area contributed by atoms with E-state index in [0.717, 1.165) is 4.88 Å². The maximum atomic E-state index is 12.9. The van der Waals surface area contributed by atoms with Crippen molar-refractivity contribution in [2.45, 2.75) is 23.3 Å². The van der Waals surface area contributed by atoms with Gasteiger partial charge in [-0.3, -0.25) is 14.8 Å². The summed E-state index contributed by atoms with van der Waals surface area (Å²) in [6, 6.07) is 14.1. The van der Waals surface area contributed by atoms with E-state index in [0.29, 0.717) is 53.1 Å². The van der Waals surface area contributed by atoms with Gasteiger partial charge in [0.1, 0.15) is 11.1 Å². The smallest absolute Gasteiger partial charge is 0.253 e. The lowest BCUT2D eigenvalue weighted by Crippen LogP contribution is -2.44. The summed E-state index contributed by atoms with van der Waals surface area (Å²) in [7, 11) is -1.53. The van der Waals surface area contributed by atoms with Crippen molar-refractivity contribution in [3.05, 3.63) is 77.6 Å². The monoisotopic (exact) mass is 479 g/mol. The fourth-order valence-electron chi connectivity index (χ4n) is 3.92. The normalized spacial score (nSPS) is 16.5.